The van der Waals surface area contributed by atoms with Gasteiger partial charge in [0.1, 0.15) is 6.04 Å². The number of anilines is 1. The number of likely N-dealkylation sites (tertiary alicyclic amines) is 1. The van der Waals surface area contributed by atoms with Crippen LogP contribution >= 0.6 is 11.6 Å². The molecule has 0 saturated carbocycles. The average Bonchev–Trinajstić information content (AvgIpc) is 3.58. The van der Waals surface area contributed by atoms with E-state index in [0.29, 0.717) is 37.5 Å². The lowest BCUT2D eigenvalue weighted by atomic mass is 9.88. The van der Waals surface area contributed by atoms with E-state index < -0.39 is 12.1 Å². The first-order valence-electron chi connectivity index (χ1n) is 14.8. The number of nitrogens with one attached hydrogen (secondary N) is 3. The van der Waals surface area contributed by atoms with Gasteiger partial charge in [-0.1, -0.05) is 36.7 Å². The van der Waals surface area contributed by atoms with Crippen LogP contribution < -0.4 is 15.5 Å². The van der Waals surface area contributed by atoms with Crippen molar-refractivity contribution in [2.45, 2.75) is 44.6 Å². The molecular weight excluding hydrogens is 552 g/mol. The minimum atomic E-state index is -0.814. The van der Waals surface area contributed by atoms with Crippen LogP contribution in [0.25, 0.3) is 10.9 Å². The minimum Gasteiger partial charge on any atom is -0.361 e. The number of aromatic nitrogens is 1. The zero-order chi connectivity index (χ0) is 29.8. The molecule has 10 heteroatoms. The quantitative estimate of drug-likeness (QED) is 0.304. The van der Waals surface area contributed by atoms with Crippen molar-refractivity contribution in [2.75, 3.05) is 51.7 Å². The molecule has 5 rings (SSSR count). The van der Waals surface area contributed by atoms with Crippen molar-refractivity contribution in [3.05, 3.63) is 64.8 Å². The lowest BCUT2D eigenvalue weighted by Crippen LogP contribution is -2.56. The van der Waals surface area contributed by atoms with Crippen LogP contribution in [0.3, 0.4) is 0 Å². The molecule has 3 aromatic rings. The van der Waals surface area contributed by atoms with Gasteiger partial charge in [-0.2, -0.15) is 0 Å². The maximum Gasteiger partial charge on any atom is 0.315 e. The third kappa shape index (κ3) is 6.73. The first-order valence-corrected chi connectivity index (χ1v) is 15.2. The van der Waals surface area contributed by atoms with Crippen LogP contribution in [0.4, 0.5) is 10.5 Å². The summed E-state index contributed by atoms with van der Waals surface area (Å²) in [4.78, 5) is 48.8. The van der Waals surface area contributed by atoms with E-state index in [-0.39, 0.29) is 23.7 Å². The highest BCUT2D eigenvalue weighted by Gasteiger charge is 2.37. The van der Waals surface area contributed by atoms with Crippen LogP contribution in [0.1, 0.15) is 43.2 Å². The van der Waals surface area contributed by atoms with E-state index in [1.54, 1.807) is 0 Å². The Balaban J connectivity index is 1.38. The van der Waals surface area contributed by atoms with Crippen molar-refractivity contribution >= 4 is 46.0 Å². The molecule has 42 heavy (non-hydrogen) atoms. The van der Waals surface area contributed by atoms with Gasteiger partial charge in [0.15, 0.2) is 0 Å². The van der Waals surface area contributed by atoms with Gasteiger partial charge in [-0.15, -0.1) is 0 Å². The number of H-pyrrole nitrogens is 1. The molecule has 0 bridgehead atoms. The molecule has 1 aromatic heterocycles. The second-order valence-electron chi connectivity index (χ2n) is 11.8. The van der Waals surface area contributed by atoms with Crippen LogP contribution in [-0.4, -0.2) is 85.5 Å². The summed E-state index contributed by atoms with van der Waals surface area (Å²) in [5.41, 5.74) is 3.83. The molecule has 2 unspecified atom stereocenters. The van der Waals surface area contributed by atoms with Crippen molar-refractivity contribution < 1.29 is 14.4 Å². The monoisotopic (exact) mass is 592 g/mol. The standard InChI is InChI=1S/C32H41ClN6O3/c1-21(26-18-35-27-9-5-4-8-25(26)27)30(36-32(42)34-13-7-15-38-14-6-10-29(38)40)31(41)39-20-22(19-37(2)3)16-23-17-24(33)11-12-28(23)39/h4-5,8-9,11-12,17-18,21-22,30,35H,6-7,10,13-16,19-20H2,1-3H3,(H2,34,36,42)/t21?,22-,30?/m1/s1. The van der Waals surface area contributed by atoms with Crippen LogP contribution in [0.5, 0.6) is 0 Å². The maximum absolute atomic E-state index is 14.5. The summed E-state index contributed by atoms with van der Waals surface area (Å²) >= 11 is 6.37. The number of amides is 4. The number of hydrogen-bond acceptors (Lipinski definition) is 4. The predicted molar refractivity (Wildman–Crippen MR) is 167 cm³/mol. The van der Waals surface area contributed by atoms with Gasteiger partial charge < -0.3 is 30.3 Å². The fourth-order valence-electron chi connectivity index (χ4n) is 6.38. The smallest absolute Gasteiger partial charge is 0.315 e. The lowest BCUT2D eigenvalue weighted by molar-refractivity contribution is -0.127. The third-order valence-electron chi connectivity index (χ3n) is 8.40. The summed E-state index contributed by atoms with van der Waals surface area (Å²) in [7, 11) is 4.07. The number of benzene rings is 2. The summed E-state index contributed by atoms with van der Waals surface area (Å²) < 4.78 is 0. The average molecular weight is 593 g/mol. The normalized spacial score (nSPS) is 18.3. The molecular formula is C32H41ClN6O3. The molecule has 2 aliphatic heterocycles. The number of aromatic amines is 1. The maximum atomic E-state index is 14.5. The molecule has 9 nitrogen and oxygen atoms in total. The second kappa shape index (κ2) is 13.2. The number of fused-ring (bicyclic) bond motifs is 2. The van der Waals surface area contributed by atoms with Gasteiger partial charge in [0.05, 0.1) is 0 Å². The molecule has 3 atom stereocenters. The van der Waals surface area contributed by atoms with Crippen LogP contribution in [0, 0.1) is 5.92 Å². The number of nitrogens with zero attached hydrogens (tertiary/aromatic N) is 3. The molecule has 0 radical (unpaired) electrons. The number of hydrogen-bond donors (Lipinski definition) is 3. The van der Waals surface area contributed by atoms with E-state index in [2.05, 4.69) is 20.5 Å². The molecule has 1 fully saturated rings. The van der Waals surface area contributed by atoms with Crippen molar-refractivity contribution in [3.8, 4) is 0 Å². The predicted octanol–water partition coefficient (Wildman–Crippen LogP) is 4.37. The summed E-state index contributed by atoms with van der Waals surface area (Å²) in [6.07, 6.45) is 4.91. The van der Waals surface area contributed by atoms with Crippen molar-refractivity contribution in [3.63, 3.8) is 0 Å². The highest BCUT2D eigenvalue weighted by atomic mass is 35.5. The Hall–Kier alpha value is -3.56. The van der Waals surface area contributed by atoms with E-state index in [9.17, 15) is 14.4 Å². The second-order valence-corrected chi connectivity index (χ2v) is 12.3. The summed E-state index contributed by atoms with van der Waals surface area (Å²) in [5.74, 6) is -0.0707. The summed E-state index contributed by atoms with van der Waals surface area (Å²) in [6.45, 7) is 5.17. The van der Waals surface area contributed by atoms with E-state index in [0.717, 1.165) is 53.6 Å². The van der Waals surface area contributed by atoms with Gasteiger partial charge in [0, 0.05) is 72.9 Å². The van der Waals surface area contributed by atoms with Gasteiger partial charge >= 0.3 is 6.03 Å². The van der Waals surface area contributed by atoms with Crippen LogP contribution in [0.15, 0.2) is 48.7 Å². The van der Waals surface area contributed by atoms with Gasteiger partial charge in [0.25, 0.3) is 0 Å². The Labute approximate surface area is 252 Å². The largest absolute Gasteiger partial charge is 0.361 e. The third-order valence-corrected chi connectivity index (χ3v) is 8.63. The van der Waals surface area contributed by atoms with Crippen LogP contribution in [0.2, 0.25) is 5.02 Å². The zero-order valence-corrected chi connectivity index (χ0v) is 25.4. The topological polar surface area (TPSA) is 101 Å². The molecule has 3 N–H and O–H groups in total. The number of rotatable bonds is 10. The Morgan fingerprint density at radius 2 is 2.00 bits per heavy atom. The first-order chi connectivity index (χ1) is 20.2. The van der Waals surface area contributed by atoms with Crippen LogP contribution in [-0.2, 0) is 16.0 Å². The molecule has 0 spiro atoms. The Morgan fingerprint density at radius 3 is 2.76 bits per heavy atom. The van der Waals surface area contributed by atoms with E-state index >= 15 is 0 Å². The number of para-hydroxylation sites is 1. The van der Waals surface area contributed by atoms with Gasteiger partial charge in [-0.05, 0) is 74.7 Å². The molecule has 0 aliphatic carbocycles. The van der Waals surface area contributed by atoms with Gasteiger partial charge in [-0.25, -0.2) is 4.79 Å². The minimum absolute atomic E-state index is 0.155. The Kier molecular flexibility index (Phi) is 9.38. The molecule has 224 valence electrons. The molecule has 4 amide bonds. The van der Waals surface area contributed by atoms with Crippen molar-refractivity contribution in [1.29, 1.82) is 0 Å². The first kappa shape index (κ1) is 29.9. The van der Waals surface area contributed by atoms with E-state index in [4.69, 9.17) is 11.6 Å². The lowest BCUT2D eigenvalue weighted by Gasteiger charge is -2.38. The van der Waals surface area contributed by atoms with Gasteiger partial charge in [0.2, 0.25) is 11.8 Å². The van der Waals surface area contributed by atoms with E-state index in [1.165, 1.54) is 0 Å². The highest BCUT2D eigenvalue weighted by Crippen LogP contribution is 2.35. The van der Waals surface area contributed by atoms with Crippen molar-refractivity contribution in [2.24, 2.45) is 5.92 Å². The fourth-order valence-corrected chi connectivity index (χ4v) is 6.58. The van der Waals surface area contributed by atoms with Crippen molar-refractivity contribution in [1.82, 2.24) is 25.4 Å². The fraction of sp³-hybridized carbons (Fsp3) is 0.469. The highest BCUT2D eigenvalue weighted by molar-refractivity contribution is 6.30. The molecule has 2 aromatic carbocycles. The SMILES string of the molecule is CC(c1c[nH]c2ccccc12)C(NC(=O)NCCCN1CCCC1=O)C(=O)N1C[C@@H](CN(C)C)Cc2cc(Cl)ccc21. The number of carbonyl (C=O) groups excluding carboxylic acids is 3. The Morgan fingerprint density at radius 1 is 1.19 bits per heavy atom. The number of halogens is 1. The zero-order valence-electron chi connectivity index (χ0n) is 24.7. The molecule has 1 saturated heterocycles. The van der Waals surface area contributed by atoms with Gasteiger partial charge in [-0.3, -0.25) is 9.59 Å². The van der Waals surface area contributed by atoms with E-state index in [1.807, 2.05) is 79.5 Å². The number of urea groups is 1. The summed E-state index contributed by atoms with van der Waals surface area (Å²) in [5, 5.41) is 7.61. The molecule has 2 aliphatic rings. The molecule has 3 heterocycles. The number of carbonyl (C=O) groups is 3. The summed E-state index contributed by atoms with van der Waals surface area (Å²) in [6, 6.07) is 12.4. The Bertz CT molecular complexity index is 1440.